The van der Waals surface area contributed by atoms with E-state index in [0.29, 0.717) is 24.9 Å². The van der Waals surface area contributed by atoms with Gasteiger partial charge in [-0.05, 0) is 19.0 Å². The molecule has 0 spiro atoms. The van der Waals surface area contributed by atoms with Crippen molar-refractivity contribution in [3.05, 3.63) is 29.8 Å². The fourth-order valence-corrected chi connectivity index (χ4v) is 1.41. The van der Waals surface area contributed by atoms with Crippen molar-refractivity contribution >= 4 is 18.3 Å². The van der Waals surface area contributed by atoms with Crippen LogP contribution in [0.5, 0.6) is 5.75 Å². The highest BCUT2D eigenvalue weighted by Gasteiger charge is 2.09. The Morgan fingerprint density at radius 3 is 2.68 bits per heavy atom. The molecule has 0 aliphatic heterocycles. The predicted octanol–water partition coefficient (Wildman–Crippen LogP) is 2.06. The Hall–Kier alpha value is -1.40. The number of nitrogens with two attached hydrogens (primary N) is 1. The summed E-state index contributed by atoms with van der Waals surface area (Å²) in [6, 6.07) is 6.35. The molecule has 0 aliphatic rings. The number of benzene rings is 1. The van der Waals surface area contributed by atoms with E-state index in [1.165, 1.54) is 6.07 Å². The van der Waals surface area contributed by atoms with E-state index in [4.69, 9.17) is 5.73 Å². The van der Waals surface area contributed by atoms with Crippen LogP contribution in [-0.2, 0) is 11.3 Å². The Labute approximate surface area is 116 Å². The van der Waals surface area contributed by atoms with Crippen molar-refractivity contribution in [1.29, 1.82) is 0 Å². The molecule has 0 aliphatic carbocycles. The van der Waals surface area contributed by atoms with Crippen LogP contribution in [0.15, 0.2) is 24.3 Å². The van der Waals surface area contributed by atoms with Gasteiger partial charge in [0.15, 0.2) is 0 Å². The van der Waals surface area contributed by atoms with E-state index < -0.39 is 6.61 Å². The van der Waals surface area contributed by atoms with E-state index in [0.717, 1.165) is 0 Å². The topological polar surface area (TPSA) is 64.4 Å². The molecule has 1 rings (SSSR count). The van der Waals surface area contributed by atoms with Crippen molar-refractivity contribution in [2.24, 2.45) is 5.73 Å². The number of amides is 1. The van der Waals surface area contributed by atoms with Gasteiger partial charge in [-0.3, -0.25) is 4.79 Å². The molecule has 0 heterocycles. The molecule has 0 fully saturated rings. The predicted molar refractivity (Wildman–Crippen MR) is 70.5 cm³/mol. The van der Waals surface area contributed by atoms with Crippen molar-refractivity contribution in [3.8, 4) is 5.75 Å². The molecule has 0 saturated carbocycles. The SMILES string of the molecule is Cl.NCCCC(=O)NCc1ccccc1OC(F)F. The summed E-state index contributed by atoms with van der Waals surface area (Å²) in [5.74, 6) is -0.0843. The van der Waals surface area contributed by atoms with E-state index >= 15 is 0 Å². The molecule has 4 nitrogen and oxygen atoms in total. The number of hydrogen-bond acceptors (Lipinski definition) is 3. The van der Waals surface area contributed by atoms with Gasteiger partial charge in [0.2, 0.25) is 5.91 Å². The zero-order chi connectivity index (χ0) is 13.4. The maximum atomic E-state index is 12.1. The fraction of sp³-hybridized carbons (Fsp3) is 0.417. The summed E-state index contributed by atoms with van der Waals surface area (Å²) >= 11 is 0. The van der Waals surface area contributed by atoms with Crippen LogP contribution in [0.2, 0.25) is 0 Å². The van der Waals surface area contributed by atoms with Crippen LogP contribution in [0.4, 0.5) is 8.78 Å². The summed E-state index contributed by atoms with van der Waals surface area (Å²) in [6.45, 7) is -2.27. The minimum absolute atomic E-state index is 0. The number of halogens is 3. The second-order valence-corrected chi connectivity index (χ2v) is 3.66. The lowest BCUT2D eigenvalue weighted by Gasteiger charge is -2.11. The van der Waals surface area contributed by atoms with E-state index in [1.54, 1.807) is 18.2 Å². The number of para-hydroxylation sites is 1. The summed E-state index contributed by atoms with van der Waals surface area (Å²) in [7, 11) is 0. The number of carbonyl (C=O) groups is 1. The molecule has 0 aromatic heterocycles. The molecule has 3 N–H and O–H groups in total. The van der Waals surface area contributed by atoms with Gasteiger partial charge in [0.25, 0.3) is 0 Å². The van der Waals surface area contributed by atoms with Gasteiger partial charge >= 0.3 is 6.61 Å². The molecule has 7 heteroatoms. The molecule has 1 aromatic rings. The first-order chi connectivity index (χ1) is 8.63. The number of carbonyl (C=O) groups excluding carboxylic acids is 1. The number of ether oxygens (including phenoxy) is 1. The van der Waals surface area contributed by atoms with Gasteiger partial charge in [-0.25, -0.2) is 0 Å². The molecule has 108 valence electrons. The smallest absolute Gasteiger partial charge is 0.387 e. The van der Waals surface area contributed by atoms with Crippen LogP contribution < -0.4 is 15.8 Å². The summed E-state index contributed by atoms with van der Waals surface area (Å²) < 4.78 is 28.6. The highest BCUT2D eigenvalue weighted by Crippen LogP contribution is 2.19. The second-order valence-electron chi connectivity index (χ2n) is 3.66. The molecule has 1 aromatic carbocycles. The van der Waals surface area contributed by atoms with Crippen LogP contribution in [0, 0.1) is 0 Å². The Kier molecular flexibility index (Phi) is 8.82. The number of nitrogens with one attached hydrogen (secondary N) is 1. The standard InChI is InChI=1S/C12H16F2N2O2.ClH/c13-12(14)18-10-5-2-1-4-9(10)8-16-11(17)6-3-7-15;/h1-2,4-5,12H,3,6-8,15H2,(H,16,17);1H. The molecule has 0 atom stereocenters. The van der Waals surface area contributed by atoms with Crippen molar-refractivity contribution in [3.63, 3.8) is 0 Å². The van der Waals surface area contributed by atoms with Gasteiger partial charge in [-0.2, -0.15) is 8.78 Å². The monoisotopic (exact) mass is 294 g/mol. The fourth-order valence-electron chi connectivity index (χ4n) is 1.41. The normalized spacial score (nSPS) is 9.89. The quantitative estimate of drug-likeness (QED) is 0.809. The molecular formula is C12H17ClF2N2O2. The molecule has 0 saturated heterocycles. The average Bonchev–Trinajstić information content (AvgIpc) is 2.34. The lowest BCUT2D eigenvalue weighted by Crippen LogP contribution is -2.23. The van der Waals surface area contributed by atoms with Crippen LogP contribution in [0.25, 0.3) is 0 Å². The van der Waals surface area contributed by atoms with Crippen LogP contribution in [0.1, 0.15) is 18.4 Å². The summed E-state index contributed by atoms with van der Waals surface area (Å²) in [4.78, 5) is 11.4. The zero-order valence-corrected chi connectivity index (χ0v) is 11.1. The minimum Gasteiger partial charge on any atom is -0.434 e. The lowest BCUT2D eigenvalue weighted by atomic mass is 10.2. The van der Waals surface area contributed by atoms with Crippen LogP contribution in [0.3, 0.4) is 0 Å². The minimum atomic E-state index is -2.88. The van der Waals surface area contributed by atoms with Gasteiger partial charge in [0.05, 0.1) is 0 Å². The highest BCUT2D eigenvalue weighted by molar-refractivity contribution is 5.85. The third-order valence-corrected chi connectivity index (χ3v) is 2.27. The Morgan fingerprint density at radius 1 is 1.37 bits per heavy atom. The van der Waals surface area contributed by atoms with Crippen LogP contribution in [-0.4, -0.2) is 19.1 Å². The van der Waals surface area contributed by atoms with Gasteiger partial charge < -0.3 is 15.8 Å². The third kappa shape index (κ3) is 6.93. The van der Waals surface area contributed by atoms with Gasteiger partial charge in [0.1, 0.15) is 5.75 Å². The highest BCUT2D eigenvalue weighted by atomic mass is 35.5. The second kappa shape index (κ2) is 9.52. The largest absolute Gasteiger partial charge is 0.434 e. The first-order valence-corrected chi connectivity index (χ1v) is 5.63. The Balaban J connectivity index is 0.00000324. The Morgan fingerprint density at radius 2 is 2.05 bits per heavy atom. The number of rotatable bonds is 7. The van der Waals surface area contributed by atoms with E-state index in [9.17, 15) is 13.6 Å². The summed E-state index contributed by atoms with van der Waals surface area (Å²) in [5.41, 5.74) is 5.79. The maximum absolute atomic E-state index is 12.1. The van der Waals surface area contributed by atoms with Gasteiger partial charge in [0, 0.05) is 18.5 Å². The van der Waals surface area contributed by atoms with Crippen molar-refractivity contribution in [2.75, 3.05) is 6.54 Å². The van der Waals surface area contributed by atoms with Crippen LogP contribution >= 0.6 is 12.4 Å². The molecule has 19 heavy (non-hydrogen) atoms. The Bertz CT molecular complexity index is 392. The van der Waals surface area contributed by atoms with Crippen molar-refractivity contribution in [1.82, 2.24) is 5.32 Å². The van der Waals surface area contributed by atoms with E-state index in [2.05, 4.69) is 10.1 Å². The van der Waals surface area contributed by atoms with Crippen molar-refractivity contribution < 1.29 is 18.3 Å². The van der Waals surface area contributed by atoms with Gasteiger partial charge in [-0.1, -0.05) is 18.2 Å². The molecular weight excluding hydrogens is 278 g/mol. The molecule has 1 amide bonds. The van der Waals surface area contributed by atoms with Gasteiger partial charge in [-0.15, -0.1) is 12.4 Å². The zero-order valence-electron chi connectivity index (χ0n) is 10.3. The van der Waals surface area contributed by atoms with E-state index in [-0.39, 0.29) is 30.6 Å². The molecule has 0 radical (unpaired) electrons. The third-order valence-electron chi connectivity index (χ3n) is 2.27. The maximum Gasteiger partial charge on any atom is 0.387 e. The average molecular weight is 295 g/mol. The van der Waals surface area contributed by atoms with E-state index in [1.807, 2.05) is 0 Å². The summed E-state index contributed by atoms with van der Waals surface area (Å²) in [5, 5.41) is 2.63. The molecule has 0 bridgehead atoms. The number of hydrogen-bond donors (Lipinski definition) is 2. The lowest BCUT2D eigenvalue weighted by molar-refractivity contribution is -0.121. The molecule has 0 unspecified atom stereocenters. The first kappa shape index (κ1) is 17.6. The number of alkyl halides is 2. The van der Waals surface area contributed by atoms with Crippen molar-refractivity contribution in [2.45, 2.75) is 26.0 Å². The first-order valence-electron chi connectivity index (χ1n) is 5.63. The summed E-state index contributed by atoms with van der Waals surface area (Å²) in [6.07, 6.45) is 0.926.